The molecule has 0 bridgehead atoms. The van der Waals surface area contributed by atoms with Gasteiger partial charge < -0.3 is 9.84 Å². The highest BCUT2D eigenvalue weighted by Gasteiger charge is 2.18. The maximum absolute atomic E-state index is 12.2. The van der Waals surface area contributed by atoms with Crippen molar-refractivity contribution >= 4 is 10.0 Å². The van der Waals surface area contributed by atoms with Crippen LogP contribution in [0.1, 0.15) is 16.7 Å². The van der Waals surface area contributed by atoms with Crippen molar-refractivity contribution in [3.05, 3.63) is 28.8 Å². The molecule has 0 heterocycles. The van der Waals surface area contributed by atoms with Crippen molar-refractivity contribution in [2.24, 2.45) is 0 Å². The second-order valence-corrected chi connectivity index (χ2v) is 6.29. The summed E-state index contributed by atoms with van der Waals surface area (Å²) in [6, 6.07) is 3.10. The van der Waals surface area contributed by atoms with Gasteiger partial charge >= 0.3 is 0 Å². The Kier molecular flexibility index (Phi) is 6.66. The Bertz CT molecular complexity index is 576. The van der Waals surface area contributed by atoms with Gasteiger partial charge in [0.05, 0.1) is 18.1 Å². The molecule has 0 saturated carbocycles. The summed E-state index contributed by atoms with van der Waals surface area (Å²) in [4.78, 5) is 0.0698. The van der Waals surface area contributed by atoms with E-state index in [4.69, 9.17) is 5.11 Å². The monoisotopic (exact) mass is 323 g/mol. The molecule has 0 aliphatic heterocycles. The summed E-state index contributed by atoms with van der Waals surface area (Å²) < 4.78 is 55.0. The van der Waals surface area contributed by atoms with E-state index in [-0.39, 0.29) is 24.7 Å². The van der Waals surface area contributed by atoms with Crippen LogP contribution in [0.5, 0.6) is 0 Å². The average Bonchev–Trinajstić information content (AvgIpc) is 2.40. The van der Waals surface area contributed by atoms with Gasteiger partial charge in [-0.15, -0.1) is 0 Å². The highest BCUT2D eigenvalue weighted by molar-refractivity contribution is 7.89. The summed E-state index contributed by atoms with van der Waals surface area (Å²) >= 11 is 0. The molecule has 120 valence electrons. The number of halogens is 2. The van der Waals surface area contributed by atoms with Gasteiger partial charge in [-0.3, -0.25) is 0 Å². The predicted molar refractivity (Wildman–Crippen MR) is 73.9 cm³/mol. The number of nitrogens with one attached hydrogen (secondary N) is 1. The number of alkyl halides is 2. The van der Waals surface area contributed by atoms with Gasteiger partial charge in [-0.05, 0) is 36.6 Å². The normalized spacial score (nSPS) is 12.1. The van der Waals surface area contributed by atoms with E-state index in [1.54, 1.807) is 19.9 Å². The number of ether oxygens (including phenoxy) is 1. The second-order valence-electron chi connectivity index (χ2n) is 4.56. The van der Waals surface area contributed by atoms with Crippen molar-refractivity contribution in [2.75, 3.05) is 19.8 Å². The molecule has 1 aromatic rings. The summed E-state index contributed by atoms with van der Waals surface area (Å²) in [6.45, 7) is 2.19. The molecule has 1 rings (SSSR count). The molecular formula is C13H19F2NO4S. The van der Waals surface area contributed by atoms with E-state index in [9.17, 15) is 17.2 Å². The molecule has 21 heavy (non-hydrogen) atoms. The minimum absolute atomic E-state index is 0.0698. The van der Waals surface area contributed by atoms with Gasteiger partial charge in [0.1, 0.15) is 6.61 Å². The number of aryl methyl sites for hydroxylation is 1. The first-order valence-electron chi connectivity index (χ1n) is 6.34. The predicted octanol–water partition coefficient (Wildman–Crippen LogP) is 1.36. The van der Waals surface area contributed by atoms with Gasteiger partial charge in [-0.25, -0.2) is 21.9 Å². The smallest absolute Gasteiger partial charge is 0.261 e. The van der Waals surface area contributed by atoms with Crippen LogP contribution in [-0.2, 0) is 21.4 Å². The SMILES string of the molecule is Cc1cc(CO)cc(S(=O)(=O)NCCOCC(F)F)c1C. The fraction of sp³-hybridized carbons (Fsp3) is 0.538. The van der Waals surface area contributed by atoms with E-state index in [1.165, 1.54) is 6.07 Å². The molecule has 0 unspecified atom stereocenters. The van der Waals surface area contributed by atoms with Crippen molar-refractivity contribution in [1.82, 2.24) is 4.72 Å². The first-order valence-corrected chi connectivity index (χ1v) is 7.82. The van der Waals surface area contributed by atoms with Crippen LogP contribution in [-0.4, -0.2) is 39.7 Å². The first kappa shape index (κ1) is 18.0. The van der Waals surface area contributed by atoms with E-state index in [2.05, 4.69) is 9.46 Å². The third-order valence-corrected chi connectivity index (χ3v) is 4.52. The van der Waals surface area contributed by atoms with Crippen LogP contribution < -0.4 is 4.72 Å². The molecule has 0 amide bonds. The highest BCUT2D eigenvalue weighted by atomic mass is 32.2. The maximum atomic E-state index is 12.2. The summed E-state index contributed by atoms with van der Waals surface area (Å²) in [6.07, 6.45) is -2.58. The molecule has 1 aromatic carbocycles. The lowest BCUT2D eigenvalue weighted by Crippen LogP contribution is -2.28. The molecule has 0 spiro atoms. The van der Waals surface area contributed by atoms with E-state index >= 15 is 0 Å². The van der Waals surface area contributed by atoms with Gasteiger partial charge in [-0.2, -0.15) is 0 Å². The van der Waals surface area contributed by atoms with Gasteiger partial charge in [0.25, 0.3) is 6.43 Å². The van der Waals surface area contributed by atoms with Gasteiger partial charge in [0.15, 0.2) is 0 Å². The summed E-state index contributed by atoms with van der Waals surface area (Å²) in [7, 11) is -3.78. The van der Waals surface area contributed by atoms with Crippen molar-refractivity contribution in [3.63, 3.8) is 0 Å². The number of benzene rings is 1. The molecule has 0 aliphatic carbocycles. The fourth-order valence-corrected chi connectivity index (χ4v) is 3.15. The van der Waals surface area contributed by atoms with Crippen molar-refractivity contribution in [3.8, 4) is 0 Å². The molecular weight excluding hydrogens is 304 g/mol. The minimum atomic E-state index is -3.78. The zero-order valence-electron chi connectivity index (χ0n) is 11.9. The number of aliphatic hydroxyl groups is 1. The topological polar surface area (TPSA) is 75.6 Å². The average molecular weight is 323 g/mol. The summed E-state index contributed by atoms with van der Waals surface area (Å²) in [5, 5.41) is 9.13. The van der Waals surface area contributed by atoms with Crippen molar-refractivity contribution < 1.29 is 27.0 Å². The summed E-state index contributed by atoms with van der Waals surface area (Å²) in [5.41, 5.74) is 1.82. The van der Waals surface area contributed by atoms with Crippen LogP contribution in [0.25, 0.3) is 0 Å². The molecule has 0 aromatic heterocycles. The maximum Gasteiger partial charge on any atom is 0.261 e. The number of rotatable bonds is 8. The molecule has 0 aliphatic rings. The molecule has 0 saturated heterocycles. The van der Waals surface area contributed by atoms with Crippen LogP contribution in [0.3, 0.4) is 0 Å². The third kappa shape index (κ3) is 5.31. The standard InChI is InChI=1S/C13H19F2NO4S/c1-9-5-11(7-17)6-12(10(9)2)21(18,19)16-3-4-20-8-13(14)15/h5-6,13,16-17H,3-4,7-8H2,1-2H3. The van der Waals surface area contributed by atoms with Crippen molar-refractivity contribution in [1.29, 1.82) is 0 Å². The van der Waals surface area contributed by atoms with Gasteiger partial charge in [0.2, 0.25) is 10.0 Å². The zero-order valence-corrected chi connectivity index (χ0v) is 12.7. The van der Waals surface area contributed by atoms with Crippen molar-refractivity contribution in [2.45, 2.75) is 31.8 Å². The van der Waals surface area contributed by atoms with E-state index in [0.29, 0.717) is 11.1 Å². The van der Waals surface area contributed by atoms with Crippen LogP contribution in [0.15, 0.2) is 17.0 Å². The third-order valence-electron chi connectivity index (χ3n) is 2.93. The number of aliphatic hydroxyl groups excluding tert-OH is 1. The summed E-state index contributed by atoms with van der Waals surface area (Å²) in [5.74, 6) is 0. The molecule has 5 nitrogen and oxygen atoms in total. The Labute approximate surface area is 123 Å². The number of hydrogen-bond acceptors (Lipinski definition) is 4. The zero-order chi connectivity index (χ0) is 16.0. The molecule has 0 fully saturated rings. The van der Waals surface area contributed by atoms with Crippen LogP contribution in [0.2, 0.25) is 0 Å². The lowest BCUT2D eigenvalue weighted by Gasteiger charge is -2.13. The lowest BCUT2D eigenvalue weighted by molar-refractivity contribution is 0.0199. The number of sulfonamides is 1. The van der Waals surface area contributed by atoms with E-state index in [1.807, 2.05) is 0 Å². The highest BCUT2D eigenvalue weighted by Crippen LogP contribution is 2.21. The molecule has 0 radical (unpaired) electrons. The van der Waals surface area contributed by atoms with Crippen LogP contribution >= 0.6 is 0 Å². The lowest BCUT2D eigenvalue weighted by atomic mass is 10.1. The van der Waals surface area contributed by atoms with E-state index in [0.717, 1.165) is 5.56 Å². The Morgan fingerprint density at radius 1 is 1.33 bits per heavy atom. The Morgan fingerprint density at radius 3 is 2.57 bits per heavy atom. The first-order chi connectivity index (χ1) is 9.77. The molecule has 2 N–H and O–H groups in total. The molecule has 0 atom stereocenters. The largest absolute Gasteiger partial charge is 0.392 e. The van der Waals surface area contributed by atoms with Gasteiger partial charge in [0, 0.05) is 6.54 Å². The minimum Gasteiger partial charge on any atom is -0.392 e. The Hall–Kier alpha value is -1.09. The Morgan fingerprint density at radius 2 is 2.00 bits per heavy atom. The fourth-order valence-electron chi connectivity index (χ4n) is 1.77. The van der Waals surface area contributed by atoms with Gasteiger partial charge in [-0.1, -0.05) is 6.07 Å². The van der Waals surface area contributed by atoms with Crippen LogP contribution in [0.4, 0.5) is 8.78 Å². The van der Waals surface area contributed by atoms with E-state index < -0.39 is 23.1 Å². The Balaban J connectivity index is 2.76. The number of hydrogen-bond donors (Lipinski definition) is 2. The second kappa shape index (κ2) is 7.79. The molecule has 8 heteroatoms. The van der Waals surface area contributed by atoms with Crippen LogP contribution in [0, 0.1) is 13.8 Å². The quantitative estimate of drug-likeness (QED) is 0.708.